The first-order chi connectivity index (χ1) is 6.65. The first-order valence-electron chi connectivity index (χ1n) is 4.65. The van der Waals surface area contributed by atoms with Gasteiger partial charge in [0.1, 0.15) is 0 Å². The average molecular weight is 216 g/mol. The minimum atomic E-state index is -0.749. The summed E-state index contributed by atoms with van der Waals surface area (Å²) in [5.41, 5.74) is 5.65. The lowest BCUT2D eigenvalue weighted by atomic mass is 10.2. The predicted molar refractivity (Wildman–Crippen MR) is 57.2 cm³/mol. The molecule has 1 heterocycles. The van der Waals surface area contributed by atoms with Gasteiger partial charge in [-0.3, -0.25) is 9.00 Å². The molecule has 1 fully saturated rings. The van der Waals surface area contributed by atoms with Gasteiger partial charge in [0.05, 0.1) is 6.04 Å². The van der Waals surface area contributed by atoms with Crippen molar-refractivity contribution in [2.24, 2.45) is 5.73 Å². The molecule has 5 heteroatoms. The monoisotopic (exact) mass is 216 g/mol. The van der Waals surface area contributed by atoms with Crippen molar-refractivity contribution in [2.75, 3.05) is 24.6 Å². The Morgan fingerprint density at radius 2 is 2.14 bits per heavy atom. The summed E-state index contributed by atoms with van der Waals surface area (Å²) in [4.78, 5) is 13.3. The Bertz CT molecular complexity index is 245. The Kier molecular flexibility index (Phi) is 4.28. The first kappa shape index (κ1) is 11.4. The van der Waals surface area contributed by atoms with Crippen LogP contribution in [0.2, 0.25) is 0 Å². The number of rotatable bonds is 3. The molecule has 14 heavy (non-hydrogen) atoms. The summed E-state index contributed by atoms with van der Waals surface area (Å²) in [6.45, 7) is 4.67. The SMILES string of the molecule is C=CCC(N)C(=O)N1CCS(=O)CC1. The number of carbonyl (C=O) groups is 1. The first-order valence-corrected chi connectivity index (χ1v) is 6.14. The van der Waals surface area contributed by atoms with Crippen molar-refractivity contribution < 1.29 is 9.00 Å². The molecule has 1 unspecified atom stereocenters. The molecule has 0 aromatic carbocycles. The fourth-order valence-corrected chi connectivity index (χ4v) is 2.43. The maximum absolute atomic E-state index is 11.6. The predicted octanol–water partition coefficient (Wildman–Crippen LogP) is -0.519. The van der Waals surface area contributed by atoms with E-state index in [1.807, 2.05) is 0 Å². The Morgan fingerprint density at radius 3 is 2.64 bits per heavy atom. The Labute approximate surface area is 86.6 Å². The highest BCUT2D eigenvalue weighted by atomic mass is 32.2. The van der Waals surface area contributed by atoms with Crippen molar-refractivity contribution in [2.45, 2.75) is 12.5 Å². The molecule has 1 aliphatic rings. The normalized spacial score (nSPS) is 20.5. The molecule has 0 saturated carbocycles. The van der Waals surface area contributed by atoms with Gasteiger partial charge >= 0.3 is 0 Å². The van der Waals surface area contributed by atoms with Crippen molar-refractivity contribution in [3.8, 4) is 0 Å². The zero-order valence-electron chi connectivity index (χ0n) is 8.15. The molecule has 1 rings (SSSR count). The quantitative estimate of drug-likeness (QED) is 0.646. The van der Waals surface area contributed by atoms with E-state index in [-0.39, 0.29) is 5.91 Å². The fraction of sp³-hybridized carbons (Fsp3) is 0.667. The molecule has 0 aromatic heterocycles. The maximum atomic E-state index is 11.6. The number of nitrogens with zero attached hydrogens (tertiary/aromatic N) is 1. The molecule has 0 bridgehead atoms. The van der Waals surface area contributed by atoms with Crippen LogP contribution in [-0.2, 0) is 15.6 Å². The van der Waals surface area contributed by atoms with E-state index in [9.17, 15) is 9.00 Å². The second kappa shape index (κ2) is 5.26. The van der Waals surface area contributed by atoms with Crippen LogP contribution in [0.5, 0.6) is 0 Å². The van der Waals surface area contributed by atoms with Crippen molar-refractivity contribution in [1.29, 1.82) is 0 Å². The largest absolute Gasteiger partial charge is 0.339 e. The summed E-state index contributed by atoms with van der Waals surface area (Å²) in [5, 5.41) is 0. The molecule has 4 nitrogen and oxygen atoms in total. The average Bonchev–Trinajstić information content (AvgIpc) is 2.18. The highest BCUT2D eigenvalue weighted by Gasteiger charge is 2.23. The standard InChI is InChI=1S/C9H16N2O2S/c1-2-3-8(10)9(12)11-4-6-14(13)7-5-11/h2,8H,1,3-7,10H2. The van der Waals surface area contributed by atoms with Crippen LogP contribution in [0.3, 0.4) is 0 Å². The number of amides is 1. The van der Waals surface area contributed by atoms with Crippen LogP contribution in [0.15, 0.2) is 12.7 Å². The van der Waals surface area contributed by atoms with Crippen molar-refractivity contribution in [1.82, 2.24) is 4.90 Å². The number of carbonyl (C=O) groups excluding carboxylic acids is 1. The van der Waals surface area contributed by atoms with Crippen LogP contribution in [0.4, 0.5) is 0 Å². The van der Waals surface area contributed by atoms with Gasteiger partial charge in [-0.2, -0.15) is 0 Å². The Morgan fingerprint density at radius 1 is 1.57 bits per heavy atom. The molecule has 1 atom stereocenters. The number of hydrogen-bond donors (Lipinski definition) is 1. The lowest BCUT2D eigenvalue weighted by Gasteiger charge is -2.28. The third-order valence-corrected chi connectivity index (χ3v) is 3.50. The van der Waals surface area contributed by atoms with Crippen molar-refractivity contribution in [3.63, 3.8) is 0 Å². The van der Waals surface area contributed by atoms with Gasteiger partial charge in [0.25, 0.3) is 0 Å². The van der Waals surface area contributed by atoms with Crippen LogP contribution in [0.1, 0.15) is 6.42 Å². The smallest absolute Gasteiger partial charge is 0.239 e. The lowest BCUT2D eigenvalue weighted by molar-refractivity contribution is -0.132. The van der Waals surface area contributed by atoms with E-state index >= 15 is 0 Å². The van der Waals surface area contributed by atoms with Crippen LogP contribution >= 0.6 is 0 Å². The van der Waals surface area contributed by atoms with Crippen LogP contribution in [0, 0.1) is 0 Å². The molecule has 0 aliphatic carbocycles. The zero-order chi connectivity index (χ0) is 10.6. The van der Waals surface area contributed by atoms with Gasteiger partial charge in [-0.05, 0) is 6.42 Å². The third kappa shape index (κ3) is 2.92. The zero-order valence-corrected chi connectivity index (χ0v) is 8.96. The van der Waals surface area contributed by atoms with Gasteiger partial charge in [-0.15, -0.1) is 6.58 Å². The molecule has 0 radical (unpaired) electrons. The summed E-state index contributed by atoms with van der Waals surface area (Å²) in [7, 11) is -0.749. The van der Waals surface area contributed by atoms with Gasteiger partial charge in [-0.1, -0.05) is 6.08 Å². The van der Waals surface area contributed by atoms with Gasteiger partial charge in [0.2, 0.25) is 5.91 Å². The van der Waals surface area contributed by atoms with E-state index in [0.717, 1.165) is 0 Å². The molecule has 80 valence electrons. The summed E-state index contributed by atoms with van der Waals surface area (Å²) in [6, 6.07) is -0.487. The molecule has 1 amide bonds. The summed E-state index contributed by atoms with van der Waals surface area (Å²) in [6.07, 6.45) is 2.14. The number of hydrogen-bond acceptors (Lipinski definition) is 3. The third-order valence-electron chi connectivity index (χ3n) is 2.23. The van der Waals surface area contributed by atoms with Crippen LogP contribution in [-0.4, -0.2) is 45.7 Å². The molecule has 1 aliphatic heterocycles. The van der Waals surface area contributed by atoms with Gasteiger partial charge in [-0.25, -0.2) is 0 Å². The minimum Gasteiger partial charge on any atom is -0.339 e. The van der Waals surface area contributed by atoms with Crippen molar-refractivity contribution in [3.05, 3.63) is 12.7 Å². The molecule has 0 aromatic rings. The molecule has 1 saturated heterocycles. The van der Waals surface area contributed by atoms with Gasteiger partial charge in [0.15, 0.2) is 0 Å². The van der Waals surface area contributed by atoms with E-state index in [0.29, 0.717) is 31.0 Å². The minimum absolute atomic E-state index is 0.0541. The molecule has 2 N–H and O–H groups in total. The second-order valence-electron chi connectivity index (χ2n) is 3.30. The van der Waals surface area contributed by atoms with E-state index in [2.05, 4.69) is 6.58 Å². The highest BCUT2D eigenvalue weighted by molar-refractivity contribution is 7.85. The van der Waals surface area contributed by atoms with E-state index in [4.69, 9.17) is 5.73 Å². The van der Waals surface area contributed by atoms with Gasteiger partial charge < -0.3 is 10.6 Å². The van der Waals surface area contributed by atoms with Crippen LogP contribution in [0.25, 0.3) is 0 Å². The van der Waals surface area contributed by atoms with Crippen LogP contribution < -0.4 is 5.73 Å². The Hall–Kier alpha value is -0.680. The van der Waals surface area contributed by atoms with E-state index in [1.54, 1.807) is 11.0 Å². The van der Waals surface area contributed by atoms with E-state index in [1.165, 1.54) is 0 Å². The van der Waals surface area contributed by atoms with E-state index < -0.39 is 16.8 Å². The summed E-state index contributed by atoms with van der Waals surface area (Å²) in [5.74, 6) is 1.10. The topological polar surface area (TPSA) is 63.4 Å². The fourth-order valence-electron chi connectivity index (χ4n) is 1.37. The molecular weight excluding hydrogens is 200 g/mol. The maximum Gasteiger partial charge on any atom is 0.239 e. The molecule has 0 spiro atoms. The Balaban J connectivity index is 2.44. The highest BCUT2D eigenvalue weighted by Crippen LogP contribution is 2.03. The lowest BCUT2D eigenvalue weighted by Crippen LogP contribution is -2.48. The number of nitrogens with two attached hydrogens (primary N) is 1. The summed E-state index contributed by atoms with van der Waals surface area (Å²) < 4.78 is 11.1. The molecular formula is C9H16N2O2S. The van der Waals surface area contributed by atoms with Crippen molar-refractivity contribution >= 4 is 16.7 Å². The van der Waals surface area contributed by atoms with Gasteiger partial charge in [0, 0.05) is 35.4 Å². The second-order valence-corrected chi connectivity index (χ2v) is 5.00. The summed E-state index contributed by atoms with van der Waals surface area (Å²) >= 11 is 0.